The van der Waals surface area contributed by atoms with Gasteiger partial charge in [-0.25, -0.2) is 18.4 Å². The van der Waals surface area contributed by atoms with Crippen molar-refractivity contribution in [1.82, 2.24) is 9.97 Å². The first kappa shape index (κ1) is 15.6. The second-order valence-corrected chi connectivity index (χ2v) is 8.34. The number of hydrogen-bond donors (Lipinski definition) is 0. The summed E-state index contributed by atoms with van der Waals surface area (Å²) in [6.45, 7) is 0. The highest BCUT2D eigenvalue weighted by atomic mass is 79.9. The molecule has 1 unspecified atom stereocenters. The summed E-state index contributed by atoms with van der Waals surface area (Å²) in [6, 6.07) is 8.46. The van der Waals surface area contributed by atoms with Gasteiger partial charge < -0.3 is 0 Å². The van der Waals surface area contributed by atoms with Gasteiger partial charge in [0.15, 0.2) is 9.84 Å². The van der Waals surface area contributed by atoms with E-state index in [1.807, 2.05) is 0 Å². The van der Waals surface area contributed by atoms with E-state index in [0.29, 0.717) is 32.9 Å². The third kappa shape index (κ3) is 2.83. The van der Waals surface area contributed by atoms with Gasteiger partial charge >= 0.3 is 0 Å². The standard InChI is InChI=1S/C15H12BrClN2O2S/c16-12-8-11-13(18-9-19-15(11)17)6-7-14(12)22(20,21)10-4-2-1-3-5-10/h1-5,8-9,14H,6-7H2. The molecule has 1 aromatic carbocycles. The van der Waals surface area contributed by atoms with Crippen molar-refractivity contribution in [3.8, 4) is 0 Å². The molecule has 7 heteroatoms. The second kappa shape index (κ2) is 6.10. The number of rotatable bonds is 2. The lowest BCUT2D eigenvalue weighted by molar-refractivity contribution is 0.583. The van der Waals surface area contributed by atoms with Crippen LogP contribution in [0.5, 0.6) is 0 Å². The highest BCUT2D eigenvalue weighted by Crippen LogP contribution is 2.34. The van der Waals surface area contributed by atoms with Crippen molar-refractivity contribution in [3.63, 3.8) is 0 Å². The summed E-state index contributed by atoms with van der Waals surface area (Å²) >= 11 is 9.50. The lowest BCUT2D eigenvalue weighted by atomic mass is 10.2. The third-order valence-corrected chi connectivity index (χ3v) is 7.15. The average Bonchev–Trinajstić information content (AvgIpc) is 2.68. The van der Waals surface area contributed by atoms with Gasteiger partial charge in [-0.1, -0.05) is 45.7 Å². The summed E-state index contributed by atoms with van der Waals surface area (Å²) in [7, 11) is -3.47. The first-order chi connectivity index (χ1) is 10.5. The van der Waals surface area contributed by atoms with E-state index in [4.69, 9.17) is 11.6 Å². The molecule has 0 aliphatic heterocycles. The number of sulfone groups is 1. The molecule has 0 radical (unpaired) electrons. The lowest BCUT2D eigenvalue weighted by Gasteiger charge is -2.15. The maximum absolute atomic E-state index is 12.8. The van der Waals surface area contributed by atoms with Crippen molar-refractivity contribution in [2.24, 2.45) is 0 Å². The zero-order chi connectivity index (χ0) is 15.7. The maximum atomic E-state index is 12.8. The van der Waals surface area contributed by atoms with Crippen LogP contribution in [0.15, 0.2) is 46.0 Å². The summed E-state index contributed by atoms with van der Waals surface area (Å²) in [6.07, 6.45) is 4.08. The number of aryl methyl sites for hydroxylation is 1. The molecule has 1 aromatic heterocycles. The van der Waals surface area contributed by atoms with Crippen molar-refractivity contribution in [2.75, 3.05) is 0 Å². The predicted octanol–water partition coefficient (Wildman–Crippen LogP) is 3.65. The van der Waals surface area contributed by atoms with Crippen molar-refractivity contribution in [2.45, 2.75) is 23.0 Å². The maximum Gasteiger partial charge on any atom is 0.185 e. The normalized spacial score (nSPS) is 18.3. The highest BCUT2D eigenvalue weighted by molar-refractivity contribution is 9.12. The Kier molecular flexibility index (Phi) is 4.34. The monoisotopic (exact) mass is 398 g/mol. The molecule has 1 aliphatic rings. The average molecular weight is 400 g/mol. The van der Waals surface area contributed by atoms with E-state index < -0.39 is 15.1 Å². The molecule has 3 rings (SSSR count). The summed E-state index contributed by atoms with van der Waals surface area (Å²) < 4.78 is 26.3. The summed E-state index contributed by atoms with van der Waals surface area (Å²) in [5, 5.41) is -0.320. The lowest BCUT2D eigenvalue weighted by Crippen LogP contribution is -2.22. The molecule has 0 saturated heterocycles. The molecule has 0 spiro atoms. The van der Waals surface area contributed by atoms with Crippen molar-refractivity contribution in [3.05, 3.63) is 57.6 Å². The van der Waals surface area contributed by atoms with Gasteiger partial charge in [-0.15, -0.1) is 0 Å². The van der Waals surface area contributed by atoms with Crippen LogP contribution in [0.2, 0.25) is 5.15 Å². The minimum Gasteiger partial charge on any atom is -0.241 e. The van der Waals surface area contributed by atoms with Gasteiger partial charge in [0.05, 0.1) is 15.8 Å². The molecule has 114 valence electrons. The van der Waals surface area contributed by atoms with Crippen LogP contribution in [-0.4, -0.2) is 23.6 Å². The van der Waals surface area contributed by atoms with Crippen LogP contribution in [-0.2, 0) is 16.3 Å². The Morgan fingerprint density at radius 2 is 1.91 bits per heavy atom. The highest BCUT2D eigenvalue weighted by Gasteiger charge is 2.32. The van der Waals surface area contributed by atoms with Crippen LogP contribution >= 0.6 is 27.5 Å². The van der Waals surface area contributed by atoms with Crippen LogP contribution in [0.4, 0.5) is 0 Å². The molecule has 1 aliphatic carbocycles. The quantitative estimate of drug-likeness (QED) is 0.723. The van der Waals surface area contributed by atoms with Gasteiger partial charge in [0, 0.05) is 10.0 Å². The Bertz CT molecular complexity index is 838. The van der Waals surface area contributed by atoms with E-state index >= 15 is 0 Å². The Morgan fingerprint density at radius 1 is 1.18 bits per heavy atom. The second-order valence-electron chi connectivity index (χ2n) is 4.94. The molecule has 0 fully saturated rings. The zero-order valence-electron chi connectivity index (χ0n) is 11.4. The minimum absolute atomic E-state index is 0.313. The van der Waals surface area contributed by atoms with Crippen molar-refractivity contribution >= 4 is 43.4 Å². The number of nitrogens with zero attached hydrogens (tertiary/aromatic N) is 2. The number of aromatic nitrogens is 2. The number of halogens is 2. The van der Waals surface area contributed by atoms with Crippen LogP contribution in [0, 0.1) is 0 Å². The van der Waals surface area contributed by atoms with Crippen LogP contribution in [0.1, 0.15) is 17.7 Å². The van der Waals surface area contributed by atoms with E-state index in [1.165, 1.54) is 6.33 Å². The number of hydrogen-bond acceptors (Lipinski definition) is 4. The number of fused-ring (bicyclic) bond motifs is 1. The van der Waals surface area contributed by atoms with Crippen LogP contribution in [0.25, 0.3) is 6.08 Å². The molecule has 2 aromatic rings. The van der Waals surface area contributed by atoms with Crippen LogP contribution < -0.4 is 0 Å². The van der Waals surface area contributed by atoms with E-state index in [2.05, 4.69) is 25.9 Å². The summed E-state index contributed by atoms with van der Waals surface area (Å²) in [5.41, 5.74) is 1.45. The topological polar surface area (TPSA) is 59.9 Å². The molecule has 0 N–H and O–H groups in total. The minimum atomic E-state index is -3.47. The molecule has 1 atom stereocenters. The first-order valence-electron chi connectivity index (χ1n) is 6.65. The molecule has 0 saturated carbocycles. The van der Waals surface area contributed by atoms with E-state index in [9.17, 15) is 8.42 Å². The molecule has 1 heterocycles. The fraction of sp³-hybridized carbons (Fsp3) is 0.200. The fourth-order valence-electron chi connectivity index (χ4n) is 2.46. The molecular weight excluding hydrogens is 388 g/mol. The van der Waals surface area contributed by atoms with Gasteiger partial charge in [-0.05, 0) is 31.1 Å². The summed E-state index contributed by atoms with van der Waals surface area (Å²) in [5.74, 6) is 0. The molecule has 0 amide bonds. The van der Waals surface area contributed by atoms with Gasteiger partial charge in [0.1, 0.15) is 11.5 Å². The first-order valence-corrected chi connectivity index (χ1v) is 9.37. The molecule has 4 nitrogen and oxygen atoms in total. The Balaban J connectivity index is 2.05. The molecule has 0 bridgehead atoms. The van der Waals surface area contributed by atoms with Crippen molar-refractivity contribution < 1.29 is 8.42 Å². The van der Waals surface area contributed by atoms with Gasteiger partial charge in [0.2, 0.25) is 0 Å². The van der Waals surface area contributed by atoms with Crippen LogP contribution in [0.3, 0.4) is 0 Å². The van der Waals surface area contributed by atoms with Gasteiger partial charge in [-0.3, -0.25) is 0 Å². The SMILES string of the molecule is O=S(=O)(c1ccccc1)C1CCc2ncnc(Cl)c2C=C1Br. The van der Waals surface area contributed by atoms with E-state index in [-0.39, 0.29) is 0 Å². The number of benzene rings is 1. The zero-order valence-corrected chi connectivity index (χ0v) is 14.6. The Hall–Kier alpha value is -1.24. The Labute approximate surface area is 142 Å². The van der Waals surface area contributed by atoms with E-state index in [1.54, 1.807) is 36.4 Å². The van der Waals surface area contributed by atoms with Gasteiger partial charge in [-0.2, -0.15) is 0 Å². The summed E-state index contributed by atoms with van der Waals surface area (Å²) in [4.78, 5) is 8.47. The fourth-order valence-corrected chi connectivity index (χ4v) is 5.52. The van der Waals surface area contributed by atoms with E-state index in [0.717, 1.165) is 5.69 Å². The molecular formula is C15H12BrClN2O2S. The smallest absolute Gasteiger partial charge is 0.185 e. The Morgan fingerprint density at radius 3 is 2.64 bits per heavy atom. The molecule has 22 heavy (non-hydrogen) atoms. The van der Waals surface area contributed by atoms with Crippen molar-refractivity contribution in [1.29, 1.82) is 0 Å². The third-order valence-electron chi connectivity index (χ3n) is 3.60. The van der Waals surface area contributed by atoms with Gasteiger partial charge in [0.25, 0.3) is 0 Å². The largest absolute Gasteiger partial charge is 0.241 e. The predicted molar refractivity (Wildman–Crippen MR) is 89.7 cm³/mol.